The molecule has 1 unspecified atom stereocenters. The van der Waals surface area contributed by atoms with E-state index in [1.165, 1.54) is 25.7 Å². The van der Waals surface area contributed by atoms with Crippen molar-refractivity contribution in [3.63, 3.8) is 0 Å². The van der Waals surface area contributed by atoms with Crippen LogP contribution in [0.3, 0.4) is 0 Å². The van der Waals surface area contributed by atoms with Gasteiger partial charge < -0.3 is 15.2 Å². The van der Waals surface area contributed by atoms with E-state index in [1.54, 1.807) is 0 Å². The molecule has 2 aliphatic rings. The zero-order chi connectivity index (χ0) is 15.3. The second kappa shape index (κ2) is 7.25. The fourth-order valence-corrected chi connectivity index (χ4v) is 3.64. The smallest absolute Gasteiger partial charge is 0.305 e. The molecule has 0 aromatic carbocycles. The van der Waals surface area contributed by atoms with Crippen molar-refractivity contribution in [2.45, 2.75) is 63.8 Å². The van der Waals surface area contributed by atoms with Crippen LogP contribution in [0.15, 0.2) is 0 Å². The normalized spacial score (nSPS) is 23.7. The van der Waals surface area contributed by atoms with Gasteiger partial charge in [-0.3, -0.25) is 9.59 Å². The van der Waals surface area contributed by atoms with Gasteiger partial charge in [-0.1, -0.05) is 32.6 Å². The number of hydrogen-bond donors (Lipinski definition) is 2. The number of amides is 1. The highest BCUT2D eigenvalue weighted by atomic mass is 16.5. The number of rotatable bonds is 6. The first-order chi connectivity index (χ1) is 10.0. The summed E-state index contributed by atoms with van der Waals surface area (Å²) in [5.41, 5.74) is -0.620. The molecule has 1 saturated heterocycles. The van der Waals surface area contributed by atoms with Crippen molar-refractivity contribution >= 4 is 11.9 Å². The first-order valence-electron chi connectivity index (χ1n) is 8.12. The minimum absolute atomic E-state index is 0.00468. The summed E-state index contributed by atoms with van der Waals surface area (Å²) in [4.78, 5) is 23.6. The van der Waals surface area contributed by atoms with Crippen LogP contribution in [-0.4, -0.2) is 35.7 Å². The van der Waals surface area contributed by atoms with Crippen LogP contribution in [0.5, 0.6) is 0 Å². The SMILES string of the molecule is CC(CC1CCCC1)C(=O)NC1(CC(=O)O)CCOCC1. The molecule has 1 saturated carbocycles. The number of carbonyl (C=O) groups is 2. The second-order valence-corrected chi connectivity index (χ2v) is 6.74. The van der Waals surface area contributed by atoms with E-state index in [0.29, 0.717) is 32.0 Å². The van der Waals surface area contributed by atoms with Gasteiger partial charge in [0.05, 0.1) is 12.0 Å². The maximum atomic E-state index is 12.4. The van der Waals surface area contributed by atoms with Gasteiger partial charge in [0.1, 0.15) is 0 Å². The summed E-state index contributed by atoms with van der Waals surface area (Å²) in [5.74, 6) is -0.233. The monoisotopic (exact) mass is 297 g/mol. The van der Waals surface area contributed by atoms with E-state index >= 15 is 0 Å². The highest BCUT2D eigenvalue weighted by Crippen LogP contribution is 2.31. The average Bonchev–Trinajstić information content (AvgIpc) is 2.91. The highest BCUT2D eigenvalue weighted by molar-refractivity contribution is 5.80. The third-order valence-corrected chi connectivity index (χ3v) is 4.94. The van der Waals surface area contributed by atoms with Gasteiger partial charge in [-0.2, -0.15) is 0 Å². The van der Waals surface area contributed by atoms with Gasteiger partial charge in [0.25, 0.3) is 0 Å². The summed E-state index contributed by atoms with van der Waals surface area (Å²) in [6.45, 7) is 3.00. The number of carboxylic acids is 1. The van der Waals surface area contributed by atoms with Gasteiger partial charge >= 0.3 is 5.97 Å². The summed E-state index contributed by atoms with van der Waals surface area (Å²) in [6.07, 6.45) is 7.09. The van der Waals surface area contributed by atoms with Crippen molar-refractivity contribution in [1.29, 1.82) is 0 Å². The van der Waals surface area contributed by atoms with Crippen LogP contribution < -0.4 is 5.32 Å². The van der Waals surface area contributed by atoms with E-state index in [2.05, 4.69) is 5.32 Å². The van der Waals surface area contributed by atoms with Crippen LogP contribution in [0, 0.1) is 11.8 Å². The van der Waals surface area contributed by atoms with E-state index in [4.69, 9.17) is 9.84 Å². The molecule has 0 aromatic heterocycles. The third-order valence-electron chi connectivity index (χ3n) is 4.94. The van der Waals surface area contributed by atoms with Crippen LogP contribution in [0.1, 0.15) is 58.3 Å². The Labute approximate surface area is 126 Å². The van der Waals surface area contributed by atoms with Crippen molar-refractivity contribution in [2.24, 2.45) is 11.8 Å². The van der Waals surface area contributed by atoms with Crippen LogP contribution in [0.25, 0.3) is 0 Å². The number of carbonyl (C=O) groups excluding carboxylic acids is 1. The summed E-state index contributed by atoms with van der Waals surface area (Å²) in [5, 5.41) is 12.2. The van der Waals surface area contributed by atoms with Crippen molar-refractivity contribution in [3.05, 3.63) is 0 Å². The Hall–Kier alpha value is -1.10. The van der Waals surface area contributed by atoms with E-state index in [1.807, 2.05) is 6.92 Å². The lowest BCUT2D eigenvalue weighted by atomic mass is 9.85. The number of ether oxygens (including phenoxy) is 1. The van der Waals surface area contributed by atoms with Gasteiger partial charge in [0.15, 0.2) is 0 Å². The minimum Gasteiger partial charge on any atom is -0.481 e. The van der Waals surface area contributed by atoms with E-state index < -0.39 is 11.5 Å². The summed E-state index contributed by atoms with van der Waals surface area (Å²) in [7, 11) is 0. The fourth-order valence-electron chi connectivity index (χ4n) is 3.64. The molecule has 0 aromatic rings. The predicted octanol–water partition coefficient (Wildman–Crippen LogP) is 2.34. The first kappa shape index (κ1) is 16.3. The largest absolute Gasteiger partial charge is 0.481 e. The maximum absolute atomic E-state index is 12.4. The number of nitrogens with one attached hydrogen (secondary N) is 1. The molecule has 0 radical (unpaired) electrons. The lowest BCUT2D eigenvalue weighted by molar-refractivity contribution is -0.141. The quantitative estimate of drug-likeness (QED) is 0.789. The highest BCUT2D eigenvalue weighted by Gasteiger charge is 2.37. The molecule has 1 heterocycles. The molecule has 21 heavy (non-hydrogen) atoms. The third kappa shape index (κ3) is 4.70. The maximum Gasteiger partial charge on any atom is 0.305 e. The Kier molecular flexibility index (Phi) is 5.62. The first-order valence-corrected chi connectivity index (χ1v) is 8.12. The molecule has 1 amide bonds. The fraction of sp³-hybridized carbons (Fsp3) is 0.875. The van der Waals surface area contributed by atoms with Gasteiger partial charge in [-0.25, -0.2) is 0 Å². The number of carboxylic acid groups (broad SMARTS) is 1. The molecule has 1 atom stereocenters. The minimum atomic E-state index is -0.861. The van der Waals surface area contributed by atoms with Crippen LogP contribution in [0.4, 0.5) is 0 Å². The molecule has 2 N–H and O–H groups in total. The molecule has 5 nitrogen and oxygen atoms in total. The Bertz CT molecular complexity index is 370. The molecular weight excluding hydrogens is 270 g/mol. The van der Waals surface area contributed by atoms with E-state index in [0.717, 1.165) is 6.42 Å². The van der Waals surface area contributed by atoms with Crippen molar-refractivity contribution in [1.82, 2.24) is 5.32 Å². The Morgan fingerprint density at radius 1 is 1.29 bits per heavy atom. The molecule has 0 bridgehead atoms. The van der Waals surface area contributed by atoms with Gasteiger partial charge in [0, 0.05) is 19.1 Å². The Morgan fingerprint density at radius 3 is 2.48 bits per heavy atom. The Balaban J connectivity index is 1.91. The zero-order valence-corrected chi connectivity index (χ0v) is 12.9. The van der Waals surface area contributed by atoms with Gasteiger partial charge in [0.2, 0.25) is 5.91 Å². The molecule has 1 aliphatic carbocycles. The van der Waals surface area contributed by atoms with Crippen molar-refractivity contribution in [2.75, 3.05) is 13.2 Å². The molecule has 5 heteroatoms. The number of hydrogen-bond acceptors (Lipinski definition) is 3. The molecular formula is C16H27NO4. The average molecular weight is 297 g/mol. The standard InChI is InChI=1S/C16H27NO4/c1-12(10-13-4-2-3-5-13)15(20)17-16(11-14(18)19)6-8-21-9-7-16/h12-13H,2-11H2,1H3,(H,17,20)(H,18,19). The Morgan fingerprint density at radius 2 is 1.90 bits per heavy atom. The molecule has 1 aliphatic heterocycles. The van der Waals surface area contributed by atoms with Crippen molar-refractivity contribution in [3.8, 4) is 0 Å². The second-order valence-electron chi connectivity index (χ2n) is 6.74. The molecule has 2 rings (SSSR count). The zero-order valence-electron chi connectivity index (χ0n) is 12.9. The lowest BCUT2D eigenvalue weighted by Gasteiger charge is -2.37. The molecule has 0 spiro atoms. The van der Waals surface area contributed by atoms with Gasteiger partial charge in [-0.15, -0.1) is 0 Å². The van der Waals surface area contributed by atoms with E-state index in [-0.39, 0.29) is 18.2 Å². The molecule has 120 valence electrons. The summed E-state index contributed by atoms with van der Waals surface area (Å²) < 4.78 is 5.31. The van der Waals surface area contributed by atoms with Gasteiger partial charge in [-0.05, 0) is 25.2 Å². The summed E-state index contributed by atoms with van der Waals surface area (Å²) in [6, 6.07) is 0. The van der Waals surface area contributed by atoms with Crippen LogP contribution in [-0.2, 0) is 14.3 Å². The topological polar surface area (TPSA) is 75.6 Å². The summed E-state index contributed by atoms with van der Waals surface area (Å²) >= 11 is 0. The van der Waals surface area contributed by atoms with Crippen LogP contribution in [0.2, 0.25) is 0 Å². The van der Waals surface area contributed by atoms with E-state index in [9.17, 15) is 9.59 Å². The van der Waals surface area contributed by atoms with Crippen LogP contribution >= 0.6 is 0 Å². The number of aliphatic carboxylic acids is 1. The van der Waals surface area contributed by atoms with Crippen molar-refractivity contribution < 1.29 is 19.4 Å². The predicted molar refractivity (Wildman–Crippen MR) is 78.9 cm³/mol. The lowest BCUT2D eigenvalue weighted by Crippen LogP contribution is -2.54. The molecule has 2 fully saturated rings.